The fourth-order valence-corrected chi connectivity index (χ4v) is 5.09. The van der Waals surface area contributed by atoms with Crippen LogP contribution >= 0.6 is 11.8 Å². The van der Waals surface area contributed by atoms with Crippen LogP contribution in [0.1, 0.15) is 36.2 Å². The van der Waals surface area contributed by atoms with E-state index < -0.39 is 0 Å². The Morgan fingerprint density at radius 1 is 1.00 bits per heavy atom. The molecule has 3 aromatic rings. The highest BCUT2D eigenvalue weighted by Crippen LogP contribution is 2.36. The minimum atomic E-state index is -0.376. The Morgan fingerprint density at radius 2 is 1.81 bits per heavy atom. The number of carbonyl (C=O) groups excluding carboxylic acids is 2. The first-order valence-corrected chi connectivity index (χ1v) is 13.0. The first-order chi connectivity index (χ1) is 17.9. The number of amidine groups is 1. The maximum absolute atomic E-state index is 12.2. The Bertz CT molecular complexity index is 1250. The van der Waals surface area contributed by atoms with Gasteiger partial charge in [0.15, 0.2) is 11.0 Å². The molecule has 1 saturated carbocycles. The van der Waals surface area contributed by atoms with Crippen molar-refractivity contribution >= 4 is 39.6 Å². The van der Waals surface area contributed by atoms with Crippen LogP contribution in [0.4, 0.5) is 5.82 Å². The standard InChI is InChI=1S/C27H29N7O2S/c28-26(37-27(29)32-25(36)17-21-8-4-5-13-30-21)20-10-9-19(14-20)15-22-11-12-23(34-33-22)31-24(35)16-18-6-2-1-3-7-18/h1-8,11-13,19-20,28H,9-10,14-17H2,(H2,29,32,36)(H,31,34,35). The predicted molar refractivity (Wildman–Crippen MR) is 145 cm³/mol. The van der Waals surface area contributed by atoms with Crippen molar-refractivity contribution in [1.82, 2.24) is 15.2 Å². The minimum Gasteiger partial charge on any atom is -0.378 e. The van der Waals surface area contributed by atoms with E-state index in [1.807, 2.05) is 42.5 Å². The van der Waals surface area contributed by atoms with Crippen molar-refractivity contribution < 1.29 is 9.59 Å². The molecule has 2 aromatic heterocycles. The summed E-state index contributed by atoms with van der Waals surface area (Å²) in [5, 5.41) is 20.2. The number of amides is 2. The van der Waals surface area contributed by atoms with Crippen LogP contribution in [0.25, 0.3) is 0 Å². The number of benzene rings is 1. The lowest BCUT2D eigenvalue weighted by atomic mass is 10.00. The summed E-state index contributed by atoms with van der Waals surface area (Å²) in [6.07, 6.45) is 5.45. The first-order valence-electron chi connectivity index (χ1n) is 12.1. The van der Waals surface area contributed by atoms with Crippen molar-refractivity contribution in [2.24, 2.45) is 22.6 Å². The highest BCUT2D eigenvalue weighted by atomic mass is 32.2. The highest BCUT2D eigenvalue weighted by Gasteiger charge is 2.29. The molecule has 10 heteroatoms. The highest BCUT2D eigenvalue weighted by molar-refractivity contribution is 8.26. The maximum atomic E-state index is 12.2. The van der Waals surface area contributed by atoms with Gasteiger partial charge in [-0.1, -0.05) is 36.4 Å². The zero-order chi connectivity index (χ0) is 26.0. The number of aliphatic imine (C=N–C) groups is 1. The summed E-state index contributed by atoms with van der Waals surface area (Å²) in [5.41, 5.74) is 8.35. The zero-order valence-electron chi connectivity index (χ0n) is 20.3. The second kappa shape index (κ2) is 12.9. The summed E-state index contributed by atoms with van der Waals surface area (Å²) < 4.78 is 0. The van der Waals surface area contributed by atoms with E-state index in [0.717, 1.165) is 48.7 Å². The van der Waals surface area contributed by atoms with Gasteiger partial charge in [-0.25, -0.2) is 0 Å². The van der Waals surface area contributed by atoms with Crippen LogP contribution in [0, 0.1) is 17.2 Å². The second-order valence-corrected chi connectivity index (χ2v) is 10.1. The van der Waals surface area contributed by atoms with E-state index in [4.69, 9.17) is 11.1 Å². The van der Waals surface area contributed by atoms with Crippen LogP contribution in [0.5, 0.6) is 0 Å². The summed E-state index contributed by atoms with van der Waals surface area (Å²) >= 11 is 1.05. The summed E-state index contributed by atoms with van der Waals surface area (Å²) in [7, 11) is 0. The number of nitrogens with zero attached hydrogens (tertiary/aromatic N) is 4. The molecule has 0 spiro atoms. The third kappa shape index (κ3) is 8.32. The molecule has 4 N–H and O–H groups in total. The van der Waals surface area contributed by atoms with E-state index >= 15 is 0 Å². The van der Waals surface area contributed by atoms with Crippen molar-refractivity contribution in [1.29, 1.82) is 5.41 Å². The van der Waals surface area contributed by atoms with Gasteiger partial charge < -0.3 is 11.1 Å². The fraction of sp³-hybridized carbons (Fsp3) is 0.296. The summed E-state index contributed by atoms with van der Waals surface area (Å²) in [6, 6.07) is 18.6. The van der Waals surface area contributed by atoms with Crippen LogP contribution in [0.2, 0.25) is 0 Å². The molecule has 2 heterocycles. The van der Waals surface area contributed by atoms with Gasteiger partial charge in [0, 0.05) is 17.8 Å². The number of nitrogens with one attached hydrogen (secondary N) is 2. The lowest BCUT2D eigenvalue weighted by Crippen LogP contribution is -2.17. The Morgan fingerprint density at radius 3 is 2.54 bits per heavy atom. The van der Waals surface area contributed by atoms with E-state index in [0.29, 0.717) is 22.5 Å². The Hall–Kier alpha value is -3.92. The SMILES string of the molecule is N=C(SC(N)=NC(=O)Cc1ccccn1)C1CCC(Cc2ccc(NC(=O)Cc3ccccc3)nn2)C1. The summed E-state index contributed by atoms with van der Waals surface area (Å²) in [6.45, 7) is 0. The lowest BCUT2D eigenvalue weighted by molar-refractivity contribution is -0.117. The van der Waals surface area contributed by atoms with Gasteiger partial charge >= 0.3 is 0 Å². The number of hydrogen-bond acceptors (Lipinski definition) is 7. The number of pyridine rings is 1. The van der Waals surface area contributed by atoms with Crippen LogP contribution in [-0.2, 0) is 28.9 Å². The second-order valence-electron chi connectivity index (χ2n) is 9.01. The molecule has 37 heavy (non-hydrogen) atoms. The fourth-order valence-electron chi connectivity index (χ4n) is 4.34. The molecule has 2 atom stereocenters. The van der Waals surface area contributed by atoms with E-state index in [2.05, 4.69) is 25.5 Å². The van der Waals surface area contributed by atoms with E-state index in [9.17, 15) is 9.59 Å². The molecule has 9 nitrogen and oxygen atoms in total. The molecule has 0 bridgehead atoms. The monoisotopic (exact) mass is 515 g/mol. The quantitative estimate of drug-likeness (QED) is 0.305. The van der Waals surface area contributed by atoms with Crippen LogP contribution in [-0.4, -0.2) is 37.2 Å². The van der Waals surface area contributed by atoms with Gasteiger partial charge in [-0.2, -0.15) is 10.1 Å². The Kier molecular flexibility index (Phi) is 9.09. The Labute approximate surface area is 219 Å². The zero-order valence-corrected chi connectivity index (χ0v) is 21.2. The molecule has 0 radical (unpaired) electrons. The molecule has 190 valence electrons. The smallest absolute Gasteiger partial charge is 0.254 e. The number of rotatable bonds is 8. The van der Waals surface area contributed by atoms with Gasteiger partial charge in [0.05, 0.1) is 23.6 Å². The van der Waals surface area contributed by atoms with Gasteiger partial charge in [-0.15, -0.1) is 5.10 Å². The normalized spacial score (nSPS) is 17.4. The molecular formula is C27H29N7O2S. The van der Waals surface area contributed by atoms with Crippen LogP contribution < -0.4 is 11.1 Å². The average Bonchev–Trinajstić information content (AvgIpc) is 3.35. The van der Waals surface area contributed by atoms with Crippen molar-refractivity contribution in [3.63, 3.8) is 0 Å². The van der Waals surface area contributed by atoms with Crippen molar-refractivity contribution in [3.8, 4) is 0 Å². The molecule has 0 saturated heterocycles. The topological polar surface area (TPSA) is 147 Å². The van der Waals surface area contributed by atoms with Gasteiger partial charge in [0.2, 0.25) is 5.91 Å². The van der Waals surface area contributed by atoms with Crippen molar-refractivity contribution in [2.45, 2.75) is 38.5 Å². The van der Waals surface area contributed by atoms with Crippen molar-refractivity contribution in [3.05, 3.63) is 83.8 Å². The maximum Gasteiger partial charge on any atom is 0.254 e. The van der Waals surface area contributed by atoms with E-state index in [1.54, 1.807) is 24.4 Å². The van der Waals surface area contributed by atoms with Gasteiger partial charge in [0.25, 0.3) is 5.91 Å². The Balaban J connectivity index is 1.21. The molecule has 1 aliphatic rings. The van der Waals surface area contributed by atoms with E-state index in [-0.39, 0.29) is 35.7 Å². The molecule has 0 aliphatic heterocycles. The third-order valence-corrected chi connectivity index (χ3v) is 6.97. The molecule has 4 rings (SSSR count). The molecule has 1 fully saturated rings. The van der Waals surface area contributed by atoms with Gasteiger partial charge in [-0.3, -0.25) is 20.0 Å². The number of nitrogens with two attached hydrogens (primary N) is 1. The number of thioether (sulfide) groups is 1. The summed E-state index contributed by atoms with van der Waals surface area (Å²) in [4.78, 5) is 32.4. The van der Waals surface area contributed by atoms with Crippen LogP contribution in [0.15, 0.2) is 71.9 Å². The number of aromatic nitrogens is 3. The van der Waals surface area contributed by atoms with Gasteiger partial charge in [0.1, 0.15) is 0 Å². The van der Waals surface area contributed by atoms with E-state index in [1.165, 1.54) is 0 Å². The summed E-state index contributed by atoms with van der Waals surface area (Å²) in [5.74, 6) is 0.379. The van der Waals surface area contributed by atoms with Crippen molar-refractivity contribution in [2.75, 3.05) is 5.32 Å². The number of anilines is 1. The number of hydrogen-bond donors (Lipinski definition) is 3. The first kappa shape index (κ1) is 26.2. The minimum absolute atomic E-state index is 0.0808. The molecule has 1 aromatic carbocycles. The average molecular weight is 516 g/mol. The molecule has 1 aliphatic carbocycles. The molecular weight excluding hydrogens is 486 g/mol. The predicted octanol–water partition coefficient (Wildman–Crippen LogP) is 3.81. The molecule has 2 amide bonds. The van der Waals surface area contributed by atoms with Crippen LogP contribution in [0.3, 0.4) is 0 Å². The third-order valence-electron chi connectivity index (χ3n) is 6.11. The molecule has 2 unspecified atom stereocenters. The largest absolute Gasteiger partial charge is 0.378 e. The number of carbonyl (C=O) groups is 2. The van der Waals surface area contributed by atoms with Gasteiger partial charge in [-0.05, 0) is 73.2 Å². The lowest BCUT2D eigenvalue weighted by Gasteiger charge is -2.12.